The number of carbonyl (C=O) groups is 2. The molecule has 4 aromatic rings. The number of thioether (sulfide) groups is 1. The fourth-order valence-corrected chi connectivity index (χ4v) is 4.82. The van der Waals surface area contributed by atoms with E-state index in [4.69, 9.17) is 9.47 Å². The van der Waals surface area contributed by atoms with E-state index >= 15 is 0 Å². The van der Waals surface area contributed by atoms with Gasteiger partial charge in [-0.3, -0.25) is 9.59 Å². The van der Waals surface area contributed by atoms with Gasteiger partial charge in [0.05, 0.1) is 37.6 Å². The number of hydrogen-bond acceptors (Lipinski definition) is 6. The van der Waals surface area contributed by atoms with E-state index in [1.54, 1.807) is 41.1 Å². The summed E-state index contributed by atoms with van der Waals surface area (Å²) in [7, 11) is 3.05. The number of hydrogen-bond donors (Lipinski definition) is 2. The average Bonchev–Trinajstić information content (AvgIpc) is 3.32. The lowest BCUT2D eigenvalue weighted by molar-refractivity contribution is -0.117. The lowest BCUT2D eigenvalue weighted by atomic mass is 10.1. The van der Waals surface area contributed by atoms with Crippen LogP contribution in [0.3, 0.4) is 0 Å². The minimum absolute atomic E-state index is 0.0823. The second-order valence-corrected chi connectivity index (χ2v) is 9.68. The Hall–Kier alpha value is -4.31. The molecule has 2 amide bonds. The zero-order chi connectivity index (χ0) is 27.9. The lowest BCUT2D eigenvalue weighted by Gasteiger charge is -2.15. The monoisotopic (exact) mass is 548 g/mol. The highest BCUT2D eigenvalue weighted by Gasteiger charge is 2.18. The first kappa shape index (κ1) is 27.7. The van der Waals surface area contributed by atoms with E-state index in [0.29, 0.717) is 33.6 Å². The number of amides is 2. The number of carbonyl (C=O) groups excluding carboxylic acids is 2. The molecule has 0 radical (unpaired) electrons. The number of methoxy groups -OCH3 is 2. The molecule has 0 aliphatic heterocycles. The zero-order valence-electron chi connectivity index (χ0n) is 22.1. The molecule has 3 aromatic carbocycles. The van der Waals surface area contributed by atoms with Crippen LogP contribution in [0.15, 0.2) is 72.0 Å². The van der Waals surface area contributed by atoms with E-state index in [9.17, 15) is 14.0 Å². The molecule has 0 fully saturated rings. The summed E-state index contributed by atoms with van der Waals surface area (Å²) in [5, 5.41) is 6.30. The van der Waals surface area contributed by atoms with Gasteiger partial charge < -0.3 is 24.7 Å². The molecule has 202 valence electrons. The van der Waals surface area contributed by atoms with E-state index in [0.717, 1.165) is 16.8 Å². The summed E-state index contributed by atoms with van der Waals surface area (Å²) >= 11 is 1.21. The van der Waals surface area contributed by atoms with Gasteiger partial charge in [0.15, 0.2) is 5.16 Å². The number of aromatic nitrogens is 2. The van der Waals surface area contributed by atoms with Crippen LogP contribution >= 0.6 is 11.8 Å². The van der Waals surface area contributed by atoms with Gasteiger partial charge >= 0.3 is 0 Å². The highest BCUT2D eigenvalue weighted by molar-refractivity contribution is 7.99. The van der Waals surface area contributed by atoms with E-state index < -0.39 is 0 Å². The fourth-order valence-electron chi connectivity index (χ4n) is 4.04. The van der Waals surface area contributed by atoms with Gasteiger partial charge in [0.2, 0.25) is 11.8 Å². The molecule has 0 unspecified atom stereocenters. The number of halogens is 1. The van der Waals surface area contributed by atoms with Crippen LogP contribution in [0.2, 0.25) is 0 Å². The summed E-state index contributed by atoms with van der Waals surface area (Å²) in [6, 6.07) is 16.8. The standard InChI is InChI=1S/C29H29FN4O4S/c1-18-6-5-7-19(2)28(18)33-27(36)17-39-29-31-15-24(20-8-10-21(30)11-9-20)34(29)16-26(35)32-23-14-22(37-3)12-13-25(23)38-4/h5-15H,16-17H2,1-4H3,(H,32,35)(H,33,36). The van der Waals surface area contributed by atoms with Crippen molar-refractivity contribution < 1.29 is 23.5 Å². The molecule has 8 nitrogen and oxygen atoms in total. The number of ether oxygens (including phenoxy) is 2. The maximum Gasteiger partial charge on any atom is 0.244 e. The highest BCUT2D eigenvalue weighted by Crippen LogP contribution is 2.30. The van der Waals surface area contributed by atoms with Gasteiger partial charge in [-0.25, -0.2) is 9.37 Å². The second kappa shape index (κ2) is 12.5. The number of para-hydroxylation sites is 1. The first-order valence-electron chi connectivity index (χ1n) is 12.1. The normalized spacial score (nSPS) is 10.7. The third-order valence-corrected chi connectivity index (χ3v) is 7.01. The fraction of sp³-hybridized carbons (Fsp3) is 0.207. The Bertz CT molecular complexity index is 1470. The summed E-state index contributed by atoms with van der Waals surface area (Å²) in [5.41, 5.74) is 4.47. The zero-order valence-corrected chi connectivity index (χ0v) is 22.9. The molecule has 1 aromatic heterocycles. The number of benzene rings is 3. The topological polar surface area (TPSA) is 94.5 Å². The lowest BCUT2D eigenvalue weighted by Crippen LogP contribution is -2.21. The molecule has 10 heteroatoms. The summed E-state index contributed by atoms with van der Waals surface area (Å²) < 4.78 is 25.9. The predicted octanol–water partition coefficient (Wildman–Crippen LogP) is 5.69. The molecule has 2 N–H and O–H groups in total. The SMILES string of the molecule is COc1ccc(OC)c(NC(=O)Cn2c(-c3ccc(F)cc3)cnc2SCC(=O)Nc2c(C)cccc2C)c1. The van der Waals surface area contributed by atoms with Gasteiger partial charge in [-0.05, 0) is 66.9 Å². The third-order valence-electron chi connectivity index (χ3n) is 6.02. The molecule has 0 aliphatic carbocycles. The molecule has 0 aliphatic rings. The molecule has 0 saturated heterocycles. The average molecular weight is 549 g/mol. The molecule has 0 saturated carbocycles. The molecule has 0 bridgehead atoms. The van der Waals surface area contributed by atoms with Crippen molar-refractivity contribution in [2.45, 2.75) is 25.5 Å². The molecule has 4 rings (SSSR count). The molecule has 39 heavy (non-hydrogen) atoms. The molecule has 1 heterocycles. The minimum atomic E-state index is -0.370. The number of nitrogens with one attached hydrogen (secondary N) is 2. The minimum Gasteiger partial charge on any atom is -0.497 e. The second-order valence-electron chi connectivity index (χ2n) is 8.74. The van der Waals surface area contributed by atoms with E-state index in [2.05, 4.69) is 15.6 Å². The van der Waals surface area contributed by atoms with Gasteiger partial charge in [0.1, 0.15) is 23.9 Å². The van der Waals surface area contributed by atoms with Gasteiger partial charge in [-0.15, -0.1) is 0 Å². The Kier molecular flexibility index (Phi) is 8.88. The van der Waals surface area contributed by atoms with Gasteiger partial charge in [0.25, 0.3) is 0 Å². The molecule has 0 spiro atoms. The summed E-state index contributed by atoms with van der Waals surface area (Å²) in [5.74, 6) is 0.216. The highest BCUT2D eigenvalue weighted by atomic mass is 32.2. The Morgan fingerprint density at radius 1 is 0.949 bits per heavy atom. The summed E-state index contributed by atoms with van der Waals surface area (Å²) in [6.07, 6.45) is 1.61. The van der Waals surface area contributed by atoms with Crippen LogP contribution in [0, 0.1) is 19.7 Å². The van der Waals surface area contributed by atoms with Crippen LogP contribution in [0.4, 0.5) is 15.8 Å². The van der Waals surface area contributed by atoms with Crippen LogP contribution < -0.4 is 20.1 Å². The maximum atomic E-state index is 13.6. The van der Waals surface area contributed by atoms with E-state index in [1.165, 1.54) is 38.1 Å². The molecular formula is C29H29FN4O4S. The number of rotatable bonds is 10. The number of imidazole rings is 1. The van der Waals surface area contributed by atoms with Crippen molar-refractivity contribution >= 4 is 35.0 Å². The Balaban J connectivity index is 1.56. The van der Waals surface area contributed by atoms with Crippen molar-refractivity contribution in [2.24, 2.45) is 0 Å². The first-order valence-corrected chi connectivity index (χ1v) is 13.1. The van der Waals surface area contributed by atoms with Gasteiger partial charge in [-0.2, -0.15) is 0 Å². The summed E-state index contributed by atoms with van der Waals surface area (Å²) in [4.78, 5) is 30.5. The number of nitrogens with zero attached hydrogens (tertiary/aromatic N) is 2. The van der Waals surface area contributed by atoms with Crippen molar-refractivity contribution in [1.82, 2.24) is 9.55 Å². The van der Waals surface area contributed by atoms with Crippen LogP contribution in [0.5, 0.6) is 11.5 Å². The predicted molar refractivity (Wildman–Crippen MR) is 151 cm³/mol. The van der Waals surface area contributed by atoms with Crippen molar-refractivity contribution in [3.05, 3.63) is 83.8 Å². The van der Waals surface area contributed by atoms with Crippen LogP contribution in [0.25, 0.3) is 11.3 Å². The summed E-state index contributed by atoms with van der Waals surface area (Å²) in [6.45, 7) is 3.77. The quantitative estimate of drug-likeness (QED) is 0.247. The van der Waals surface area contributed by atoms with Crippen LogP contribution in [-0.4, -0.2) is 41.3 Å². The Labute approximate surface area is 230 Å². The van der Waals surface area contributed by atoms with Gasteiger partial charge in [-0.1, -0.05) is 30.0 Å². The Morgan fingerprint density at radius 2 is 1.67 bits per heavy atom. The van der Waals surface area contributed by atoms with Crippen molar-refractivity contribution in [3.8, 4) is 22.8 Å². The van der Waals surface area contributed by atoms with Crippen LogP contribution in [-0.2, 0) is 16.1 Å². The van der Waals surface area contributed by atoms with Crippen molar-refractivity contribution in [3.63, 3.8) is 0 Å². The number of anilines is 2. The third kappa shape index (κ3) is 6.77. The van der Waals surface area contributed by atoms with E-state index in [-0.39, 0.29) is 29.9 Å². The molecular weight excluding hydrogens is 519 g/mol. The van der Waals surface area contributed by atoms with Crippen molar-refractivity contribution in [1.29, 1.82) is 0 Å². The number of aryl methyl sites for hydroxylation is 2. The van der Waals surface area contributed by atoms with E-state index in [1.807, 2.05) is 32.0 Å². The maximum absolute atomic E-state index is 13.6. The van der Waals surface area contributed by atoms with Gasteiger partial charge in [0, 0.05) is 11.8 Å². The van der Waals surface area contributed by atoms with Crippen molar-refractivity contribution in [2.75, 3.05) is 30.6 Å². The smallest absolute Gasteiger partial charge is 0.244 e. The first-order chi connectivity index (χ1) is 18.8. The Morgan fingerprint density at radius 3 is 2.33 bits per heavy atom. The largest absolute Gasteiger partial charge is 0.497 e. The van der Waals surface area contributed by atoms with Crippen LogP contribution in [0.1, 0.15) is 11.1 Å². The molecule has 0 atom stereocenters.